The van der Waals surface area contributed by atoms with E-state index in [-0.39, 0.29) is 11.6 Å². The molecule has 152 valence electrons. The fraction of sp³-hybridized carbons (Fsp3) is 0.273. The second-order valence-electron chi connectivity index (χ2n) is 6.57. The lowest BCUT2D eigenvalue weighted by molar-refractivity contribution is -0.122. The number of nitrogens with one attached hydrogen (secondary N) is 1. The van der Waals surface area contributed by atoms with Crippen molar-refractivity contribution in [2.24, 2.45) is 0 Å². The summed E-state index contributed by atoms with van der Waals surface area (Å²) in [5.74, 6) is 0.930. The van der Waals surface area contributed by atoms with Crippen molar-refractivity contribution in [3.63, 3.8) is 0 Å². The molecule has 7 heteroatoms. The summed E-state index contributed by atoms with van der Waals surface area (Å²) in [5, 5.41) is 2.61. The van der Waals surface area contributed by atoms with Crippen LogP contribution in [-0.4, -0.2) is 30.0 Å². The van der Waals surface area contributed by atoms with Gasteiger partial charge in [0, 0.05) is 6.54 Å². The van der Waals surface area contributed by atoms with Crippen LogP contribution in [0.4, 0.5) is 4.79 Å². The SMILES string of the molecule is CCOc1cc(/C=C2/NC(=O)N(CC)C2=O)cc(I)c1OCc1ccc(C)cc1. The highest BCUT2D eigenvalue weighted by molar-refractivity contribution is 14.1. The molecule has 2 aromatic rings. The van der Waals surface area contributed by atoms with Gasteiger partial charge in [-0.3, -0.25) is 9.69 Å². The van der Waals surface area contributed by atoms with E-state index < -0.39 is 6.03 Å². The maximum atomic E-state index is 12.3. The summed E-state index contributed by atoms with van der Waals surface area (Å²) in [5.41, 5.74) is 3.27. The molecule has 1 saturated heterocycles. The summed E-state index contributed by atoms with van der Waals surface area (Å²) < 4.78 is 12.7. The van der Waals surface area contributed by atoms with Crippen LogP contribution in [-0.2, 0) is 11.4 Å². The number of hydrogen-bond donors (Lipinski definition) is 1. The van der Waals surface area contributed by atoms with Crippen molar-refractivity contribution in [1.29, 1.82) is 0 Å². The zero-order chi connectivity index (χ0) is 21.0. The molecule has 3 rings (SSSR count). The van der Waals surface area contributed by atoms with Gasteiger partial charge in [-0.25, -0.2) is 4.79 Å². The molecule has 29 heavy (non-hydrogen) atoms. The van der Waals surface area contributed by atoms with Crippen molar-refractivity contribution in [2.45, 2.75) is 27.4 Å². The molecule has 1 N–H and O–H groups in total. The first kappa shape index (κ1) is 21.2. The zero-order valence-corrected chi connectivity index (χ0v) is 18.8. The van der Waals surface area contributed by atoms with E-state index in [1.807, 2.05) is 38.1 Å². The third-order valence-corrected chi connectivity index (χ3v) is 5.23. The summed E-state index contributed by atoms with van der Waals surface area (Å²) in [6.07, 6.45) is 1.66. The third kappa shape index (κ3) is 4.90. The first-order valence-corrected chi connectivity index (χ1v) is 10.5. The second kappa shape index (κ2) is 9.30. The van der Waals surface area contributed by atoms with Crippen LogP contribution in [0.25, 0.3) is 6.08 Å². The van der Waals surface area contributed by atoms with Crippen LogP contribution in [0.15, 0.2) is 42.1 Å². The molecule has 1 aliphatic heterocycles. The van der Waals surface area contributed by atoms with Gasteiger partial charge in [0.1, 0.15) is 12.3 Å². The van der Waals surface area contributed by atoms with Gasteiger partial charge in [-0.1, -0.05) is 29.8 Å². The predicted octanol–water partition coefficient (Wildman–Crippen LogP) is 4.49. The smallest absolute Gasteiger partial charge is 0.328 e. The molecular weight excluding hydrogens is 483 g/mol. The molecule has 0 aliphatic carbocycles. The Kier molecular flexibility index (Phi) is 6.79. The lowest BCUT2D eigenvalue weighted by Crippen LogP contribution is -2.30. The Balaban J connectivity index is 1.86. The zero-order valence-electron chi connectivity index (χ0n) is 16.6. The van der Waals surface area contributed by atoms with Crippen molar-refractivity contribution in [3.8, 4) is 11.5 Å². The molecular formula is C22H23IN2O4. The molecule has 0 radical (unpaired) electrons. The number of likely N-dealkylation sites (N-methyl/N-ethyl adjacent to an activating group) is 1. The van der Waals surface area contributed by atoms with Gasteiger partial charge in [0.15, 0.2) is 11.5 Å². The van der Waals surface area contributed by atoms with Gasteiger partial charge in [0.05, 0.1) is 10.2 Å². The molecule has 1 fully saturated rings. The maximum Gasteiger partial charge on any atom is 0.328 e. The number of halogens is 1. The van der Waals surface area contributed by atoms with E-state index in [2.05, 4.69) is 40.0 Å². The third-order valence-electron chi connectivity index (χ3n) is 4.43. The Morgan fingerprint density at radius 2 is 1.83 bits per heavy atom. The normalized spacial score (nSPS) is 15.0. The minimum absolute atomic E-state index is 0.253. The largest absolute Gasteiger partial charge is 0.490 e. The van der Waals surface area contributed by atoms with Crippen molar-refractivity contribution in [1.82, 2.24) is 10.2 Å². The average molecular weight is 506 g/mol. The summed E-state index contributed by atoms with van der Waals surface area (Å²) in [4.78, 5) is 25.3. The highest BCUT2D eigenvalue weighted by atomic mass is 127. The van der Waals surface area contributed by atoms with Gasteiger partial charge in [-0.05, 0) is 72.7 Å². The van der Waals surface area contributed by atoms with Crippen molar-refractivity contribution >= 4 is 40.6 Å². The Bertz CT molecular complexity index is 954. The van der Waals surface area contributed by atoms with Crippen LogP contribution in [0.1, 0.15) is 30.5 Å². The molecule has 0 saturated carbocycles. The molecule has 6 nitrogen and oxygen atoms in total. The summed E-state index contributed by atoms with van der Waals surface area (Å²) in [7, 11) is 0. The van der Waals surface area contributed by atoms with Crippen LogP contribution in [0.5, 0.6) is 11.5 Å². The van der Waals surface area contributed by atoms with E-state index in [1.54, 1.807) is 13.0 Å². The highest BCUT2D eigenvalue weighted by Crippen LogP contribution is 2.35. The molecule has 1 heterocycles. The number of amides is 3. The number of aryl methyl sites for hydroxylation is 1. The first-order valence-electron chi connectivity index (χ1n) is 9.42. The Morgan fingerprint density at radius 3 is 2.45 bits per heavy atom. The summed E-state index contributed by atoms with van der Waals surface area (Å²) >= 11 is 2.19. The van der Waals surface area contributed by atoms with Crippen LogP contribution in [0, 0.1) is 10.5 Å². The summed E-state index contributed by atoms with van der Waals surface area (Å²) in [6.45, 7) is 6.95. The van der Waals surface area contributed by atoms with Crippen LogP contribution in [0.3, 0.4) is 0 Å². The predicted molar refractivity (Wildman–Crippen MR) is 120 cm³/mol. The maximum absolute atomic E-state index is 12.3. The standard InChI is InChI=1S/C22H23IN2O4/c1-4-25-21(26)18(24-22(25)27)11-16-10-17(23)20(19(12-16)28-5-2)29-13-15-8-6-14(3)7-9-15/h6-12H,4-5,13H2,1-3H3,(H,24,27)/b18-11+. The number of ether oxygens (including phenoxy) is 2. The number of benzene rings is 2. The molecule has 0 atom stereocenters. The molecule has 2 aromatic carbocycles. The number of hydrogen-bond acceptors (Lipinski definition) is 4. The minimum atomic E-state index is -0.401. The fourth-order valence-electron chi connectivity index (χ4n) is 2.94. The topological polar surface area (TPSA) is 67.9 Å². The molecule has 0 aromatic heterocycles. The van der Waals surface area contributed by atoms with Crippen LogP contribution < -0.4 is 14.8 Å². The number of carbonyl (C=O) groups is 2. The van der Waals surface area contributed by atoms with Crippen molar-refractivity contribution < 1.29 is 19.1 Å². The number of rotatable bonds is 7. The number of nitrogens with zero attached hydrogens (tertiary/aromatic N) is 1. The summed E-state index contributed by atoms with van der Waals surface area (Å²) in [6, 6.07) is 11.5. The molecule has 0 unspecified atom stereocenters. The van der Waals surface area contributed by atoms with E-state index >= 15 is 0 Å². The minimum Gasteiger partial charge on any atom is -0.490 e. The van der Waals surface area contributed by atoms with E-state index in [0.29, 0.717) is 31.3 Å². The molecule has 1 aliphatic rings. The molecule has 0 bridgehead atoms. The highest BCUT2D eigenvalue weighted by Gasteiger charge is 2.32. The van der Waals surface area contributed by atoms with Gasteiger partial charge >= 0.3 is 6.03 Å². The molecule has 0 spiro atoms. The van der Waals surface area contributed by atoms with E-state index in [9.17, 15) is 9.59 Å². The van der Waals surface area contributed by atoms with E-state index in [4.69, 9.17) is 9.47 Å². The van der Waals surface area contributed by atoms with Gasteiger partial charge < -0.3 is 14.8 Å². The monoisotopic (exact) mass is 506 g/mol. The van der Waals surface area contributed by atoms with Crippen LogP contribution >= 0.6 is 22.6 Å². The average Bonchev–Trinajstić information content (AvgIpc) is 2.95. The molecule has 3 amide bonds. The fourth-order valence-corrected chi connectivity index (χ4v) is 3.72. The van der Waals surface area contributed by atoms with Gasteiger partial charge in [-0.2, -0.15) is 0 Å². The number of carbonyl (C=O) groups excluding carboxylic acids is 2. The Labute approximate surface area is 184 Å². The van der Waals surface area contributed by atoms with E-state index in [1.165, 1.54) is 10.5 Å². The quantitative estimate of drug-likeness (QED) is 0.342. The number of imide groups is 1. The Morgan fingerprint density at radius 1 is 1.10 bits per heavy atom. The van der Waals surface area contributed by atoms with Crippen molar-refractivity contribution in [2.75, 3.05) is 13.2 Å². The van der Waals surface area contributed by atoms with Crippen molar-refractivity contribution in [3.05, 3.63) is 62.4 Å². The van der Waals surface area contributed by atoms with Gasteiger partial charge in [0.2, 0.25) is 0 Å². The Hall–Kier alpha value is -2.55. The lowest BCUT2D eigenvalue weighted by atomic mass is 10.1. The van der Waals surface area contributed by atoms with Crippen LogP contribution in [0.2, 0.25) is 0 Å². The van der Waals surface area contributed by atoms with E-state index in [0.717, 1.165) is 14.7 Å². The first-order chi connectivity index (χ1) is 13.9. The lowest BCUT2D eigenvalue weighted by Gasteiger charge is -2.15. The van der Waals surface area contributed by atoms with Gasteiger partial charge in [0.25, 0.3) is 5.91 Å². The second-order valence-corrected chi connectivity index (χ2v) is 7.74. The van der Waals surface area contributed by atoms with Gasteiger partial charge in [-0.15, -0.1) is 0 Å². The number of urea groups is 1.